The largest absolute Gasteiger partial charge is 0.472 e. The van der Waals surface area contributed by atoms with E-state index in [1.807, 2.05) is 6.07 Å². The van der Waals surface area contributed by atoms with Crippen molar-refractivity contribution in [3.8, 4) is 5.75 Å². The molecule has 7 nitrogen and oxygen atoms in total. The summed E-state index contributed by atoms with van der Waals surface area (Å²) in [5.74, 6) is 4.19. The van der Waals surface area contributed by atoms with E-state index in [1.54, 1.807) is 24.3 Å². The van der Waals surface area contributed by atoms with Crippen molar-refractivity contribution in [2.75, 3.05) is 0 Å². The van der Waals surface area contributed by atoms with E-state index >= 15 is 0 Å². The number of hydrogen-bond donors (Lipinski definition) is 2. The normalized spacial score (nSPS) is 14.6. The van der Waals surface area contributed by atoms with Gasteiger partial charge in [-0.25, -0.2) is 8.96 Å². The highest BCUT2D eigenvalue weighted by Gasteiger charge is 2.37. The second-order valence-corrected chi connectivity index (χ2v) is 6.81. The monoisotopic (exact) mass is 368 g/mol. The predicted octanol–water partition coefficient (Wildman–Crippen LogP) is 2.61. The first-order valence-corrected chi connectivity index (χ1v) is 8.85. The molecule has 1 unspecified atom stereocenters. The molecule has 0 aliphatic carbocycles. The maximum absolute atomic E-state index is 12.9. The first-order chi connectivity index (χ1) is 11.8. The van der Waals surface area contributed by atoms with Crippen LogP contribution in [-0.4, -0.2) is 21.7 Å². The lowest BCUT2D eigenvalue weighted by atomic mass is 10.2. The molecule has 0 aliphatic rings. The van der Waals surface area contributed by atoms with E-state index in [4.69, 9.17) is 15.1 Å². The number of hydrogen-bond acceptors (Lipinski definition) is 5. The van der Waals surface area contributed by atoms with Gasteiger partial charge >= 0.3 is 13.7 Å². The van der Waals surface area contributed by atoms with Crippen LogP contribution >= 0.6 is 7.75 Å². The Balaban J connectivity index is 1.96. The molecule has 2 rings (SSSR count). The molecular weight excluding hydrogens is 350 g/mol. The number of halogens is 1. The summed E-state index contributed by atoms with van der Waals surface area (Å²) in [5, 5.41) is 0. The summed E-state index contributed by atoms with van der Waals surface area (Å²) < 4.78 is 35.4. The van der Waals surface area contributed by atoms with Crippen LogP contribution in [0.2, 0.25) is 0 Å². The highest BCUT2D eigenvalue weighted by molar-refractivity contribution is 7.50. The summed E-state index contributed by atoms with van der Waals surface area (Å²) in [6.07, 6.45) is 0. The maximum atomic E-state index is 12.9. The maximum Gasteiger partial charge on any atom is 0.472 e. The topological polar surface area (TPSA) is 102 Å². The molecule has 0 aliphatic heterocycles. The Bertz CT molecular complexity index is 757. The molecular formula is C16H18FN2O5P. The summed E-state index contributed by atoms with van der Waals surface area (Å²) >= 11 is 0. The molecule has 0 bridgehead atoms. The van der Waals surface area contributed by atoms with Crippen molar-refractivity contribution in [3.63, 3.8) is 0 Å². The zero-order valence-electron chi connectivity index (χ0n) is 13.4. The van der Waals surface area contributed by atoms with Gasteiger partial charge in [0.15, 0.2) is 0 Å². The highest BCUT2D eigenvalue weighted by atomic mass is 31.2. The first-order valence-electron chi connectivity index (χ1n) is 7.32. The van der Waals surface area contributed by atoms with Crippen molar-refractivity contribution < 1.29 is 27.9 Å². The molecule has 0 radical (unpaired) electrons. The zero-order valence-corrected chi connectivity index (χ0v) is 14.3. The van der Waals surface area contributed by atoms with Gasteiger partial charge in [0.25, 0.3) is 0 Å². The first kappa shape index (κ1) is 19.1. The molecule has 0 amide bonds. The Morgan fingerprint density at radius 2 is 1.84 bits per heavy atom. The lowest BCUT2D eigenvalue weighted by Gasteiger charge is -2.26. The molecule has 2 aromatic carbocycles. The Morgan fingerprint density at radius 1 is 1.24 bits per heavy atom. The van der Waals surface area contributed by atoms with Crippen molar-refractivity contribution in [3.05, 3.63) is 66.0 Å². The third kappa shape index (κ3) is 5.37. The second-order valence-electron chi connectivity index (χ2n) is 5.19. The third-order valence-corrected chi connectivity index (χ3v) is 4.67. The Labute approximate surface area is 144 Å². The minimum Gasteiger partial charge on any atom is -0.460 e. The number of esters is 1. The van der Waals surface area contributed by atoms with Crippen LogP contribution in [0.4, 0.5) is 4.39 Å². The van der Waals surface area contributed by atoms with Gasteiger partial charge in [0, 0.05) is 0 Å². The number of ether oxygens (including phenoxy) is 1. The number of benzene rings is 2. The van der Waals surface area contributed by atoms with Crippen LogP contribution in [0.1, 0.15) is 12.5 Å². The molecule has 0 spiro atoms. The summed E-state index contributed by atoms with van der Waals surface area (Å²) in [6.45, 7) is 1.32. The fraction of sp³-hybridized carbons (Fsp3) is 0.188. The van der Waals surface area contributed by atoms with E-state index in [9.17, 15) is 18.6 Å². The van der Waals surface area contributed by atoms with Crippen LogP contribution in [0.25, 0.3) is 0 Å². The van der Waals surface area contributed by atoms with Gasteiger partial charge < -0.3 is 14.2 Å². The zero-order chi connectivity index (χ0) is 18.4. The number of nitrogens with two attached hydrogens (primary N) is 1. The summed E-state index contributed by atoms with van der Waals surface area (Å²) in [5.41, 5.74) is 0.765. The standard InChI is InChI=1S/C16H18FN2O5P/c1-12(16(20)23-11-13-5-3-2-4-6-13)19(18)25(21,22)24-15-9-7-14(17)8-10-15/h2-10,12H,11,18H2,1H3,(H,21,22)/t12-/m0/s1. The lowest BCUT2D eigenvalue weighted by molar-refractivity contribution is -0.149. The van der Waals surface area contributed by atoms with Crippen molar-refractivity contribution in [1.82, 2.24) is 4.78 Å². The quantitative estimate of drug-likeness (QED) is 0.335. The lowest BCUT2D eigenvalue weighted by Crippen LogP contribution is -2.43. The molecule has 2 atom stereocenters. The van der Waals surface area contributed by atoms with Crippen LogP contribution in [0.15, 0.2) is 54.6 Å². The minimum atomic E-state index is -4.54. The van der Waals surface area contributed by atoms with Gasteiger partial charge in [-0.3, -0.25) is 10.6 Å². The molecule has 0 fully saturated rings. The van der Waals surface area contributed by atoms with Gasteiger partial charge in [-0.05, 0) is 36.8 Å². The van der Waals surface area contributed by atoms with E-state index in [0.29, 0.717) is 4.78 Å². The number of rotatable bonds is 7. The van der Waals surface area contributed by atoms with Gasteiger partial charge in [0.2, 0.25) is 0 Å². The molecule has 0 aromatic heterocycles. The van der Waals surface area contributed by atoms with Crippen LogP contribution in [0, 0.1) is 5.82 Å². The van der Waals surface area contributed by atoms with Crippen LogP contribution < -0.4 is 10.4 Å². The van der Waals surface area contributed by atoms with Crippen LogP contribution in [0.5, 0.6) is 5.75 Å². The van der Waals surface area contributed by atoms with Gasteiger partial charge in [-0.15, -0.1) is 4.78 Å². The average Bonchev–Trinajstić information content (AvgIpc) is 2.61. The van der Waals surface area contributed by atoms with Crippen molar-refractivity contribution in [2.45, 2.75) is 19.6 Å². The Morgan fingerprint density at radius 3 is 2.44 bits per heavy atom. The van der Waals surface area contributed by atoms with E-state index in [-0.39, 0.29) is 12.4 Å². The molecule has 9 heteroatoms. The Kier molecular flexibility index (Phi) is 6.27. The van der Waals surface area contributed by atoms with Gasteiger partial charge in [0.05, 0.1) is 0 Å². The fourth-order valence-corrected chi connectivity index (χ4v) is 2.88. The fourth-order valence-electron chi connectivity index (χ4n) is 1.86. The van der Waals surface area contributed by atoms with E-state index in [0.717, 1.165) is 17.7 Å². The summed E-state index contributed by atoms with van der Waals surface area (Å²) in [4.78, 5) is 22.0. The van der Waals surface area contributed by atoms with Crippen molar-refractivity contribution in [1.29, 1.82) is 0 Å². The van der Waals surface area contributed by atoms with Gasteiger partial charge in [-0.1, -0.05) is 30.3 Å². The molecule has 2 aromatic rings. The Hall–Kier alpha value is -2.25. The van der Waals surface area contributed by atoms with Crippen LogP contribution in [0.3, 0.4) is 0 Å². The molecule has 25 heavy (non-hydrogen) atoms. The summed E-state index contributed by atoms with van der Waals surface area (Å²) in [6, 6.07) is 12.2. The average molecular weight is 368 g/mol. The van der Waals surface area contributed by atoms with E-state index in [2.05, 4.69) is 0 Å². The molecule has 3 N–H and O–H groups in total. The van der Waals surface area contributed by atoms with Crippen LogP contribution in [-0.2, 0) is 20.7 Å². The highest BCUT2D eigenvalue weighted by Crippen LogP contribution is 2.45. The molecule has 0 saturated heterocycles. The number of hydrazine groups is 1. The summed E-state index contributed by atoms with van der Waals surface area (Å²) in [7, 11) is -4.54. The number of carbonyl (C=O) groups excluding carboxylic acids is 1. The van der Waals surface area contributed by atoms with E-state index < -0.39 is 25.6 Å². The number of nitrogens with zero attached hydrogens (tertiary/aromatic N) is 1. The SMILES string of the molecule is C[C@@H](C(=O)OCc1ccccc1)N(N)P(=O)(O)Oc1ccc(F)cc1. The third-order valence-electron chi connectivity index (χ3n) is 3.29. The molecule has 0 heterocycles. The van der Waals surface area contributed by atoms with Crippen molar-refractivity contribution >= 4 is 13.7 Å². The number of carbonyl (C=O) groups is 1. The second kappa shape index (κ2) is 8.22. The molecule has 134 valence electrons. The minimum absolute atomic E-state index is 0.00635. The van der Waals surface area contributed by atoms with E-state index in [1.165, 1.54) is 19.1 Å². The smallest absolute Gasteiger partial charge is 0.460 e. The predicted molar refractivity (Wildman–Crippen MR) is 88.6 cm³/mol. The molecule has 0 saturated carbocycles. The van der Waals surface area contributed by atoms with Gasteiger partial charge in [-0.2, -0.15) is 0 Å². The van der Waals surface area contributed by atoms with Gasteiger partial charge in [0.1, 0.15) is 24.2 Å². The van der Waals surface area contributed by atoms with Crippen molar-refractivity contribution in [2.24, 2.45) is 5.84 Å².